The van der Waals surface area contributed by atoms with Gasteiger partial charge in [-0.2, -0.15) is 0 Å². The summed E-state index contributed by atoms with van der Waals surface area (Å²) in [7, 11) is 1.48. The molecule has 0 bridgehead atoms. The van der Waals surface area contributed by atoms with Crippen LogP contribution in [0.4, 0.5) is 4.39 Å². The van der Waals surface area contributed by atoms with Crippen LogP contribution >= 0.6 is 0 Å². The number of methoxy groups -OCH3 is 1. The number of hydrogen-bond donors (Lipinski definition) is 2. The number of rotatable bonds is 5. The summed E-state index contributed by atoms with van der Waals surface area (Å²) < 4.78 is 18.9. The molecule has 0 aliphatic carbocycles. The normalized spacial score (nSPS) is 15.8. The molecule has 3 unspecified atom stereocenters. The first-order valence-corrected chi connectivity index (χ1v) is 5.80. The maximum atomic E-state index is 13.7. The maximum absolute atomic E-state index is 13.7. The Kier molecular flexibility index (Phi) is 5.25. The molecular formula is C13H19FN2O2. The number of hydrogen-bond acceptors (Lipinski definition) is 3. The molecule has 18 heavy (non-hydrogen) atoms. The number of carbonyl (C=O) groups excluding carboxylic acids is 1. The van der Waals surface area contributed by atoms with Gasteiger partial charge in [-0.15, -0.1) is 0 Å². The summed E-state index contributed by atoms with van der Waals surface area (Å²) in [6.45, 7) is 3.34. The van der Waals surface area contributed by atoms with Crippen LogP contribution in [0.3, 0.4) is 0 Å². The van der Waals surface area contributed by atoms with Crippen LogP contribution in [0.1, 0.15) is 25.5 Å². The fraction of sp³-hybridized carbons (Fsp3) is 0.462. The summed E-state index contributed by atoms with van der Waals surface area (Å²) in [4.78, 5) is 11.5. The molecule has 100 valence electrons. The molecule has 0 heterocycles. The molecule has 0 aliphatic rings. The van der Waals surface area contributed by atoms with E-state index in [0.29, 0.717) is 5.56 Å². The summed E-state index contributed by atoms with van der Waals surface area (Å²) in [6.07, 6.45) is -0.547. The van der Waals surface area contributed by atoms with Gasteiger partial charge < -0.3 is 15.8 Å². The predicted octanol–water partition coefficient (Wildman–Crippen LogP) is 1.37. The van der Waals surface area contributed by atoms with Crippen molar-refractivity contribution in [3.63, 3.8) is 0 Å². The molecule has 0 aliphatic heterocycles. The highest BCUT2D eigenvalue weighted by Gasteiger charge is 2.24. The molecule has 1 aromatic rings. The second kappa shape index (κ2) is 6.47. The average molecular weight is 254 g/mol. The van der Waals surface area contributed by atoms with E-state index in [-0.39, 0.29) is 17.8 Å². The van der Waals surface area contributed by atoms with Crippen molar-refractivity contribution in [1.29, 1.82) is 0 Å². The van der Waals surface area contributed by atoms with Gasteiger partial charge in [0.15, 0.2) is 0 Å². The van der Waals surface area contributed by atoms with Crippen LogP contribution in [0.2, 0.25) is 0 Å². The van der Waals surface area contributed by atoms with Gasteiger partial charge in [-0.3, -0.25) is 4.79 Å². The molecule has 1 rings (SSSR count). The van der Waals surface area contributed by atoms with Crippen LogP contribution in [-0.2, 0) is 9.53 Å². The number of halogens is 1. The van der Waals surface area contributed by atoms with E-state index in [4.69, 9.17) is 10.5 Å². The number of nitrogens with one attached hydrogen (secondary N) is 1. The molecule has 3 N–H and O–H groups in total. The van der Waals surface area contributed by atoms with Crippen LogP contribution in [0, 0.1) is 5.82 Å². The van der Waals surface area contributed by atoms with Gasteiger partial charge in [0.05, 0.1) is 12.1 Å². The first-order chi connectivity index (χ1) is 8.47. The number of carbonyl (C=O) groups is 1. The molecule has 1 amide bonds. The van der Waals surface area contributed by atoms with Crippen molar-refractivity contribution < 1.29 is 13.9 Å². The van der Waals surface area contributed by atoms with Crippen LogP contribution < -0.4 is 11.1 Å². The lowest BCUT2D eigenvalue weighted by Crippen LogP contribution is -2.45. The largest absolute Gasteiger partial charge is 0.375 e. The lowest BCUT2D eigenvalue weighted by atomic mass is 10.0. The molecule has 0 aromatic heterocycles. The maximum Gasteiger partial charge on any atom is 0.236 e. The van der Waals surface area contributed by atoms with E-state index in [1.165, 1.54) is 13.2 Å². The van der Waals surface area contributed by atoms with E-state index in [1.54, 1.807) is 32.0 Å². The summed E-state index contributed by atoms with van der Waals surface area (Å²) in [6, 6.07) is 5.36. The van der Waals surface area contributed by atoms with Crippen LogP contribution in [-0.4, -0.2) is 25.1 Å². The number of benzene rings is 1. The zero-order chi connectivity index (χ0) is 13.7. The first kappa shape index (κ1) is 14.6. The van der Waals surface area contributed by atoms with Crippen molar-refractivity contribution >= 4 is 5.91 Å². The van der Waals surface area contributed by atoms with E-state index < -0.39 is 12.1 Å². The van der Waals surface area contributed by atoms with E-state index in [1.807, 2.05) is 0 Å². The van der Waals surface area contributed by atoms with Crippen LogP contribution in [0.5, 0.6) is 0 Å². The molecule has 0 saturated heterocycles. The Hall–Kier alpha value is -1.46. The Labute approximate surface area is 106 Å². The lowest BCUT2D eigenvalue weighted by Gasteiger charge is -2.25. The molecule has 0 fully saturated rings. The van der Waals surface area contributed by atoms with Gasteiger partial charge in [0.2, 0.25) is 5.91 Å². The van der Waals surface area contributed by atoms with Gasteiger partial charge in [-0.05, 0) is 19.9 Å². The minimum atomic E-state index is -0.606. The monoisotopic (exact) mass is 254 g/mol. The van der Waals surface area contributed by atoms with Gasteiger partial charge in [-0.25, -0.2) is 4.39 Å². The third-order valence-corrected chi connectivity index (χ3v) is 2.70. The molecule has 5 heteroatoms. The standard InChI is InChI=1S/C13H19FN2O2/c1-8(15)13(17)16-9(2)12(18-3)10-6-4-5-7-11(10)14/h4-9,12H,15H2,1-3H3,(H,16,17). The number of amides is 1. The summed E-state index contributed by atoms with van der Waals surface area (Å²) in [5.41, 5.74) is 5.88. The number of ether oxygens (including phenoxy) is 1. The molecule has 3 atom stereocenters. The zero-order valence-corrected chi connectivity index (χ0v) is 10.8. The highest BCUT2D eigenvalue weighted by molar-refractivity contribution is 5.81. The minimum Gasteiger partial charge on any atom is -0.375 e. The second-order valence-corrected chi connectivity index (χ2v) is 4.26. The Morgan fingerprint density at radius 3 is 2.50 bits per heavy atom. The molecule has 0 spiro atoms. The highest BCUT2D eigenvalue weighted by atomic mass is 19.1. The molecular weight excluding hydrogens is 235 g/mol. The average Bonchev–Trinajstić information content (AvgIpc) is 2.32. The van der Waals surface area contributed by atoms with Gasteiger partial charge >= 0.3 is 0 Å². The molecule has 0 saturated carbocycles. The number of nitrogens with two attached hydrogens (primary N) is 1. The second-order valence-electron chi connectivity index (χ2n) is 4.26. The van der Waals surface area contributed by atoms with Crippen LogP contribution in [0.25, 0.3) is 0 Å². The summed E-state index contributed by atoms with van der Waals surface area (Å²) in [5.74, 6) is -0.646. The molecule has 4 nitrogen and oxygen atoms in total. The third kappa shape index (κ3) is 3.51. The van der Waals surface area contributed by atoms with Gasteiger partial charge in [0.1, 0.15) is 11.9 Å². The Morgan fingerprint density at radius 1 is 1.39 bits per heavy atom. The topological polar surface area (TPSA) is 64.3 Å². The Morgan fingerprint density at radius 2 is 2.00 bits per heavy atom. The lowest BCUT2D eigenvalue weighted by molar-refractivity contribution is -0.123. The smallest absolute Gasteiger partial charge is 0.236 e. The van der Waals surface area contributed by atoms with E-state index in [9.17, 15) is 9.18 Å². The highest BCUT2D eigenvalue weighted by Crippen LogP contribution is 2.23. The fourth-order valence-corrected chi connectivity index (χ4v) is 1.74. The third-order valence-electron chi connectivity index (χ3n) is 2.70. The Balaban J connectivity index is 2.84. The predicted molar refractivity (Wildman–Crippen MR) is 67.4 cm³/mol. The van der Waals surface area contributed by atoms with Gasteiger partial charge in [0, 0.05) is 12.7 Å². The van der Waals surface area contributed by atoms with Crippen molar-refractivity contribution in [2.75, 3.05) is 7.11 Å². The summed E-state index contributed by atoms with van der Waals surface area (Å²) >= 11 is 0. The quantitative estimate of drug-likeness (QED) is 0.834. The van der Waals surface area contributed by atoms with E-state index >= 15 is 0 Å². The van der Waals surface area contributed by atoms with Gasteiger partial charge in [-0.1, -0.05) is 18.2 Å². The first-order valence-electron chi connectivity index (χ1n) is 5.80. The molecule has 0 radical (unpaired) electrons. The molecule has 1 aromatic carbocycles. The van der Waals surface area contributed by atoms with Gasteiger partial charge in [0.25, 0.3) is 0 Å². The van der Waals surface area contributed by atoms with E-state index in [2.05, 4.69) is 5.32 Å². The Bertz CT molecular complexity index is 410. The fourth-order valence-electron chi connectivity index (χ4n) is 1.74. The van der Waals surface area contributed by atoms with Crippen molar-refractivity contribution in [1.82, 2.24) is 5.32 Å². The van der Waals surface area contributed by atoms with Crippen LogP contribution in [0.15, 0.2) is 24.3 Å². The summed E-state index contributed by atoms with van der Waals surface area (Å²) in [5, 5.41) is 2.70. The van der Waals surface area contributed by atoms with E-state index in [0.717, 1.165) is 0 Å². The SMILES string of the molecule is COC(c1ccccc1F)C(C)NC(=O)C(C)N. The van der Waals surface area contributed by atoms with Crippen molar-refractivity contribution in [2.45, 2.75) is 32.0 Å². The zero-order valence-electron chi connectivity index (χ0n) is 10.8. The van der Waals surface area contributed by atoms with Crippen molar-refractivity contribution in [3.8, 4) is 0 Å². The van der Waals surface area contributed by atoms with Crippen molar-refractivity contribution in [2.24, 2.45) is 5.73 Å². The van der Waals surface area contributed by atoms with Crippen molar-refractivity contribution in [3.05, 3.63) is 35.6 Å². The minimum absolute atomic E-state index is 0.291.